The fourth-order valence-electron chi connectivity index (χ4n) is 2.61. The summed E-state index contributed by atoms with van der Waals surface area (Å²) in [5, 5.41) is 3.48. The summed E-state index contributed by atoms with van der Waals surface area (Å²) >= 11 is 0. The molecule has 0 radical (unpaired) electrons. The lowest BCUT2D eigenvalue weighted by molar-refractivity contribution is -0.134. The van der Waals surface area contributed by atoms with Gasteiger partial charge in [-0.25, -0.2) is 0 Å². The number of hydrogen-bond acceptors (Lipinski definition) is 2. The topological polar surface area (TPSA) is 62.0 Å². The summed E-state index contributed by atoms with van der Waals surface area (Å²) in [6.45, 7) is 2.03. The summed E-state index contributed by atoms with van der Waals surface area (Å²) in [6.07, 6.45) is 2.89. The highest BCUT2D eigenvalue weighted by molar-refractivity contribution is 6.03. The molecular weight excluding hydrogens is 228 g/mol. The molecule has 1 atom stereocenters. The Balaban J connectivity index is 2.07. The zero-order valence-electron chi connectivity index (χ0n) is 10.1. The van der Waals surface area contributed by atoms with Crippen LogP contribution in [0.3, 0.4) is 0 Å². The van der Waals surface area contributed by atoms with Crippen LogP contribution in [-0.4, -0.2) is 16.8 Å². The maximum absolute atomic E-state index is 11.9. The highest BCUT2D eigenvalue weighted by atomic mass is 16.2. The lowest BCUT2D eigenvalue weighted by Crippen LogP contribution is -2.39. The second kappa shape index (κ2) is 3.98. The molecule has 1 aromatic carbocycles. The van der Waals surface area contributed by atoms with Crippen LogP contribution >= 0.6 is 0 Å². The minimum Gasteiger partial charge on any atom is -0.361 e. The number of fused-ring (bicyclic) bond motifs is 1. The summed E-state index contributed by atoms with van der Waals surface area (Å²) in [5.41, 5.74) is 3.21. The van der Waals surface area contributed by atoms with E-state index >= 15 is 0 Å². The minimum atomic E-state index is -0.224. The van der Waals surface area contributed by atoms with Crippen LogP contribution in [0.5, 0.6) is 0 Å². The molecule has 1 aliphatic rings. The van der Waals surface area contributed by atoms with Gasteiger partial charge in [-0.2, -0.15) is 0 Å². The number of aryl methyl sites for hydroxylation is 1. The molecule has 0 aliphatic carbocycles. The zero-order valence-corrected chi connectivity index (χ0v) is 10.1. The van der Waals surface area contributed by atoms with E-state index in [2.05, 4.69) is 10.3 Å². The maximum Gasteiger partial charge on any atom is 0.234 e. The van der Waals surface area contributed by atoms with E-state index in [-0.39, 0.29) is 17.7 Å². The van der Waals surface area contributed by atoms with Crippen molar-refractivity contribution in [2.24, 2.45) is 0 Å². The Morgan fingerprint density at radius 1 is 1.28 bits per heavy atom. The van der Waals surface area contributed by atoms with Crippen molar-refractivity contribution in [2.75, 3.05) is 0 Å². The number of hydrogen-bond donors (Lipinski definition) is 2. The molecule has 18 heavy (non-hydrogen) atoms. The number of rotatable bonds is 1. The highest BCUT2D eigenvalue weighted by Crippen LogP contribution is 2.31. The molecule has 0 spiro atoms. The molecule has 1 saturated heterocycles. The molecule has 1 aliphatic heterocycles. The molecule has 2 N–H and O–H groups in total. The third kappa shape index (κ3) is 1.61. The third-order valence-electron chi connectivity index (χ3n) is 3.57. The highest BCUT2D eigenvalue weighted by Gasteiger charge is 2.29. The van der Waals surface area contributed by atoms with Crippen molar-refractivity contribution in [1.29, 1.82) is 0 Å². The Morgan fingerprint density at radius 3 is 2.89 bits per heavy atom. The van der Waals surface area contributed by atoms with Crippen LogP contribution in [0.15, 0.2) is 24.4 Å². The van der Waals surface area contributed by atoms with E-state index in [9.17, 15) is 9.59 Å². The Hall–Kier alpha value is -2.10. The first-order valence-corrected chi connectivity index (χ1v) is 6.07. The average molecular weight is 242 g/mol. The van der Waals surface area contributed by atoms with Crippen LogP contribution in [0.4, 0.5) is 0 Å². The fraction of sp³-hybridized carbons (Fsp3) is 0.286. The summed E-state index contributed by atoms with van der Waals surface area (Å²) in [4.78, 5) is 26.3. The van der Waals surface area contributed by atoms with Gasteiger partial charge in [-0.1, -0.05) is 18.2 Å². The SMILES string of the molecule is Cc1cccc2c(C3CCC(=O)NC3=O)c[nH]c12. The van der Waals surface area contributed by atoms with E-state index in [0.717, 1.165) is 22.0 Å². The van der Waals surface area contributed by atoms with Crippen LogP contribution in [0, 0.1) is 6.92 Å². The van der Waals surface area contributed by atoms with Gasteiger partial charge in [-0.05, 0) is 24.5 Å². The molecule has 92 valence electrons. The molecule has 0 saturated carbocycles. The molecule has 1 fully saturated rings. The van der Waals surface area contributed by atoms with Gasteiger partial charge < -0.3 is 4.98 Å². The third-order valence-corrected chi connectivity index (χ3v) is 3.57. The summed E-state index contributed by atoms with van der Waals surface area (Å²) in [7, 11) is 0. The Labute approximate surface area is 104 Å². The number of aromatic nitrogens is 1. The van der Waals surface area contributed by atoms with Crippen molar-refractivity contribution in [3.63, 3.8) is 0 Å². The molecule has 1 aromatic heterocycles. The van der Waals surface area contributed by atoms with Crippen LogP contribution in [-0.2, 0) is 9.59 Å². The van der Waals surface area contributed by atoms with Crippen LogP contribution in [0.25, 0.3) is 10.9 Å². The van der Waals surface area contributed by atoms with Crippen LogP contribution < -0.4 is 5.32 Å². The number of H-pyrrole nitrogens is 1. The Kier molecular flexibility index (Phi) is 2.44. The van der Waals surface area contributed by atoms with Gasteiger partial charge in [-0.15, -0.1) is 0 Å². The van der Waals surface area contributed by atoms with E-state index in [1.54, 1.807) is 0 Å². The van der Waals surface area contributed by atoms with Crippen LogP contribution in [0.1, 0.15) is 29.9 Å². The van der Waals surface area contributed by atoms with Crippen molar-refractivity contribution in [3.05, 3.63) is 35.5 Å². The number of amides is 2. The van der Waals surface area contributed by atoms with Crippen molar-refractivity contribution >= 4 is 22.7 Å². The Bertz CT molecular complexity index is 642. The fourth-order valence-corrected chi connectivity index (χ4v) is 2.61. The van der Waals surface area contributed by atoms with Crippen molar-refractivity contribution in [2.45, 2.75) is 25.7 Å². The molecule has 3 rings (SSSR count). The number of aromatic amines is 1. The molecular formula is C14H14N2O2. The zero-order chi connectivity index (χ0) is 12.7. The van der Waals surface area contributed by atoms with E-state index in [1.165, 1.54) is 0 Å². The number of benzene rings is 1. The van der Waals surface area contributed by atoms with Crippen molar-refractivity contribution in [3.8, 4) is 0 Å². The molecule has 4 heteroatoms. The monoisotopic (exact) mass is 242 g/mol. The number of piperidine rings is 1. The number of para-hydroxylation sites is 1. The Morgan fingerprint density at radius 2 is 2.11 bits per heavy atom. The number of imide groups is 1. The van der Waals surface area contributed by atoms with Crippen LogP contribution in [0.2, 0.25) is 0 Å². The molecule has 1 unspecified atom stereocenters. The normalized spacial score (nSPS) is 20.2. The van der Waals surface area contributed by atoms with E-state index in [0.29, 0.717) is 12.8 Å². The van der Waals surface area contributed by atoms with Gasteiger partial charge in [0.25, 0.3) is 0 Å². The smallest absolute Gasteiger partial charge is 0.234 e. The number of nitrogens with one attached hydrogen (secondary N) is 2. The first kappa shape index (κ1) is 11.0. The lowest BCUT2D eigenvalue weighted by atomic mass is 9.90. The minimum absolute atomic E-state index is 0.174. The van der Waals surface area contributed by atoms with Gasteiger partial charge in [0.1, 0.15) is 0 Å². The molecule has 2 aromatic rings. The van der Waals surface area contributed by atoms with Gasteiger partial charge >= 0.3 is 0 Å². The summed E-state index contributed by atoms with van der Waals surface area (Å²) in [5.74, 6) is -0.584. The molecule has 2 heterocycles. The number of carbonyl (C=O) groups is 2. The van der Waals surface area contributed by atoms with Crippen molar-refractivity contribution < 1.29 is 9.59 Å². The van der Waals surface area contributed by atoms with E-state index < -0.39 is 0 Å². The first-order chi connectivity index (χ1) is 8.66. The maximum atomic E-state index is 11.9. The molecule has 2 amide bonds. The van der Waals surface area contributed by atoms with E-state index in [1.807, 2.05) is 31.3 Å². The number of carbonyl (C=O) groups excluding carboxylic acids is 2. The standard InChI is InChI=1S/C14H14N2O2/c1-8-3-2-4-9-11(7-15-13(8)9)10-5-6-12(17)16-14(10)18/h2-4,7,10,15H,5-6H2,1H3,(H,16,17,18). The largest absolute Gasteiger partial charge is 0.361 e. The average Bonchev–Trinajstić information content (AvgIpc) is 2.74. The summed E-state index contributed by atoms with van der Waals surface area (Å²) < 4.78 is 0. The predicted octanol–water partition coefficient (Wildman–Crippen LogP) is 2.00. The molecule has 0 bridgehead atoms. The quantitative estimate of drug-likeness (QED) is 0.751. The lowest BCUT2D eigenvalue weighted by Gasteiger charge is -2.20. The second-order valence-electron chi connectivity index (χ2n) is 4.75. The van der Waals surface area contributed by atoms with Gasteiger partial charge in [0.2, 0.25) is 11.8 Å². The van der Waals surface area contributed by atoms with E-state index in [4.69, 9.17) is 0 Å². The first-order valence-electron chi connectivity index (χ1n) is 6.07. The van der Waals surface area contributed by atoms with Gasteiger partial charge in [0, 0.05) is 23.5 Å². The van der Waals surface area contributed by atoms with Crippen molar-refractivity contribution in [1.82, 2.24) is 10.3 Å². The second-order valence-corrected chi connectivity index (χ2v) is 4.75. The summed E-state index contributed by atoms with van der Waals surface area (Å²) in [6, 6.07) is 6.03. The predicted molar refractivity (Wildman–Crippen MR) is 68.2 cm³/mol. The van der Waals surface area contributed by atoms with Gasteiger partial charge in [0.15, 0.2) is 0 Å². The van der Waals surface area contributed by atoms with Gasteiger partial charge in [-0.3, -0.25) is 14.9 Å². The van der Waals surface area contributed by atoms with Gasteiger partial charge in [0.05, 0.1) is 5.92 Å². The molecule has 4 nitrogen and oxygen atoms in total.